The maximum atomic E-state index is 6.31. The fourth-order valence-corrected chi connectivity index (χ4v) is 3.25. The Balaban J connectivity index is 2.50. The molecule has 20 heavy (non-hydrogen) atoms. The average molecular weight is 440 g/mol. The molecule has 0 saturated heterocycles. The Bertz CT molecular complexity index is 649. The molecule has 6 heteroatoms. The standard InChI is InChI=1S/C14H11Br2Cl2NO/c1-20-13-6-11(17)9(5-12(13)18)14(19)8-4-7(15)2-3-10(8)16/h2-6,14H,19H2,1H3. The van der Waals surface area contributed by atoms with Crippen molar-refractivity contribution in [1.29, 1.82) is 0 Å². The molecule has 0 fully saturated rings. The molecular weight excluding hydrogens is 429 g/mol. The average Bonchev–Trinajstić information content (AvgIpc) is 2.42. The van der Waals surface area contributed by atoms with Gasteiger partial charge in [0.05, 0.1) is 18.2 Å². The molecule has 2 rings (SSSR count). The number of halogens is 4. The minimum absolute atomic E-state index is 0.391. The van der Waals surface area contributed by atoms with Crippen molar-refractivity contribution < 1.29 is 4.74 Å². The maximum Gasteiger partial charge on any atom is 0.138 e. The Morgan fingerprint density at radius 2 is 1.75 bits per heavy atom. The third kappa shape index (κ3) is 3.31. The van der Waals surface area contributed by atoms with Crippen molar-refractivity contribution in [3.63, 3.8) is 0 Å². The largest absolute Gasteiger partial charge is 0.495 e. The van der Waals surface area contributed by atoms with Gasteiger partial charge < -0.3 is 10.5 Å². The molecule has 1 unspecified atom stereocenters. The normalized spacial score (nSPS) is 12.3. The zero-order chi connectivity index (χ0) is 14.9. The van der Waals surface area contributed by atoms with E-state index in [9.17, 15) is 0 Å². The fraction of sp³-hybridized carbons (Fsp3) is 0.143. The van der Waals surface area contributed by atoms with Crippen LogP contribution in [0.5, 0.6) is 5.75 Å². The van der Waals surface area contributed by atoms with Gasteiger partial charge in [0, 0.05) is 20.0 Å². The molecule has 2 nitrogen and oxygen atoms in total. The van der Waals surface area contributed by atoms with E-state index in [0.29, 0.717) is 15.8 Å². The van der Waals surface area contributed by atoms with Gasteiger partial charge in [-0.1, -0.05) is 55.1 Å². The Hall–Kier alpha value is -0.260. The van der Waals surface area contributed by atoms with Crippen LogP contribution in [0.4, 0.5) is 0 Å². The number of hydrogen-bond donors (Lipinski definition) is 1. The molecule has 1 atom stereocenters. The Labute approximate surface area is 144 Å². The first-order valence-electron chi connectivity index (χ1n) is 5.67. The van der Waals surface area contributed by atoms with E-state index in [1.165, 1.54) is 0 Å². The molecule has 0 amide bonds. The van der Waals surface area contributed by atoms with Crippen LogP contribution in [0, 0.1) is 0 Å². The number of ether oxygens (including phenoxy) is 1. The van der Waals surface area contributed by atoms with Crippen LogP contribution in [0.25, 0.3) is 0 Å². The summed E-state index contributed by atoms with van der Waals surface area (Å²) in [5, 5.41) is 0.999. The van der Waals surface area contributed by atoms with Gasteiger partial charge in [-0.05, 0) is 35.4 Å². The first-order chi connectivity index (χ1) is 9.43. The molecule has 0 aliphatic carbocycles. The van der Waals surface area contributed by atoms with Gasteiger partial charge in [0.25, 0.3) is 0 Å². The van der Waals surface area contributed by atoms with Crippen molar-refractivity contribution in [2.24, 2.45) is 5.73 Å². The Morgan fingerprint density at radius 3 is 2.40 bits per heavy atom. The number of methoxy groups -OCH3 is 1. The van der Waals surface area contributed by atoms with Crippen molar-refractivity contribution in [2.45, 2.75) is 6.04 Å². The zero-order valence-electron chi connectivity index (χ0n) is 10.5. The fourth-order valence-electron chi connectivity index (χ4n) is 1.86. The molecule has 0 spiro atoms. The SMILES string of the molecule is COc1cc(Cl)c(C(N)c2cc(Br)ccc2Br)cc1Cl. The minimum atomic E-state index is -0.391. The summed E-state index contributed by atoms with van der Waals surface area (Å²) < 4.78 is 6.99. The number of benzene rings is 2. The quantitative estimate of drug-likeness (QED) is 0.678. The molecule has 106 valence electrons. The van der Waals surface area contributed by atoms with Crippen LogP contribution in [0.1, 0.15) is 17.2 Å². The predicted molar refractivity (Wildman–Crippen MR) is 90.9 cm³/mol. The molecular formula is C14H11Br2Cl2NO. The van der Waals surface area contributed by atoms with Crippen molar-refractivity contribution >= 4 is 55.1 Å². The second-order valence-corrected chi connectivity index (χ2v) is 6.74. The molecule has 0 radical (unpaired) electrons. The molecule has 2 N–H and O–H groups in total. The van der Waals surface area contributed by atoms with Gasteiger partial charge in [-0.2, -0.15) is 0 Å². The van der Waals surface area contributed by atoms with E-state index in [1.807, 2.05) is 18.2 Å². The first-order valence-corrected chi connectivity index (χ1v) is 8.01. The van der Waals surface area contributed by atoms with Crippen LogP contribution < -0.4 is 10.5 Å². The lowest BCUT2D eigenvalue weighted by Gasteiger charge is -2.17. The summed E-state index contributed by atoms with van der Waals surface area (Å²) >= 11 is 19.4. The molecule has 0 heterocycles. The van der Waals surface area contributed by atoms with Gasteiger partial charge in [-0.15, -0.1) is 0 Å². The lowest BCUT2D eigenvalue weighted by Crippen LogP contribution is -2.13. The summed E-state index contributed by atoms with van der Waals surface area (Å²) in [5.74, 6) is 0.529. The van der Waals surface area contributed by atoms with Gasteiger partial charge in [-0.25, -0.2) is 0 Å². The molecule has 2 aromatic rings. The van der Waals surface area contributed by atoms with Gasteiger partial charge in [-0.3, -0.25) is 0 Å². The van der Waals surface area contributed by atoms with Crippen LogP contribution >= 0.6 is 55.1 Å². The molecule has 0 aliphatic heterocycles. The Morgan fingerprint density at radius 1 is 1.05 bits per heavy atom. The summed E-state index contributed by atoms with van der Waals surface area (Å²) in [6.07, 6.45) is 0. The highest BCUT2D eigenvalue weighted by Crippen LogP contribution is 2.37. The smallest absolute Gasteiger partial charge is 0.138 e. The second kappa shape index (κ2) is 6.67. The zero-order valence-corrected chi connectivity index (χ0v) is 15.1. The van der Waals surface area contributed by atoms with E-state index in [1.54, 1.807) is 19.2 Å². The molecule has 2 aromatic carbocycles. The maximum absolute atomic E-state index is 6.31. The van der Waals surface area contributed by atoms with Gasteiger partial charge in [0.2, 0.25) is 0 Å². The van der Waals surface area contributed by atoms with Crippen LogP contribution in [0.15, 0.2) is 39.3 Å². The Kier molecular flexibility index (Phi) is 5.37. The van der Waals surface area contributed by atoms with E-state index in [0.717, 1.165) is 20.1 Å². The van der Waals surface area contributed by atoms with E-state index in [4.69, 9.17) is 33.7 Å². The highest BCUT2D eigenvalue weighted by Gasteiger charge is 2.18. The molecule has 0 aromatic heterocycles. The van der Waals surface area contributed by atoms with Crippen molar-refractivity contribution in [2.75, 3.05) is 7.11 Å². The van der Waals surface area contributed by atoms with Crippen molar-refractivity contribution in [3.8, 4) is 5.75 Å². The third-order valence-electron chi connectivity index (χ3n) is 2.90. The molecule has 0 bridgehead atoms. The lowest BCUT2D eigenvalue weighted by atomic mass is 9.99. The highest BCUT2D eigenvalue weighted by molar-refractivity contribution is 9.11. The van der Waals surface area contributed by atoms with Crippen LogP contribution in [0.3, 0.4) is 0 Å². The third-order valence-corrected chi connectivity index (χ3v) is 4.74. The van der Waals surface area contributed by atoms with Crippen LogP contribution in [-0.2, 0) is 0 Å². The van der Waals surface area contributed by atoms with Gasteiger partial charge in [0.1, 0.15) is 5.75 Å². The number of nitrogens with two attached hydrogens (primary N) is 1. The summed E-state index contributed by atoms with van der Waals surface area (Å²) in [6.45, 7) is 0. The monoisotopic (exact) mass is 437 g/mol. The highest BCUT2D eigenvalue weighted by atomic mass is 79.9. The lowest BCUT2D eigenvalue weighted by molar-refractivity contribution is 0.415. The van der Waals surface area contributed by atoms with E-state index in [-0.39, 0.29) is 0 Å². The molecule has 0 aliphatic rings. The van der Waals surface area contributed by atoms with Gasteiger partial charge >= 0.3 is 0 Å². The van der Waals surface area contributed by atoms with E-state index >= 15 is 0 Å². The first kappa shape index (κ1) is 16.1. The second-order valence-electron chi connectivity index (χ2n) is 4.15. The number of rotatable bonds is 3. The summed E-state index contributed by atoms with van der Waals surface area (Å²) in [6, 6.07) is 8.83. The van der Waals surface area contributed by atoms with Crippen molar-refractivity contribution in [3.05, 3.63) is 60.4 Å². The molecule has 0 saturated carbocycles. The van der Waals surface area contributed by atoms with Crippen molar-refractivity contribution in [1.82, 2.24) is 0 Å². The summed E-state index contributed by atoms with van der Waals surface area (Å²) in [7, 11) is 1.54. The minimum Gasteiger partial charge on any atom is -0.495 e. The number of hydrogen-bond acceptors (Lipinski definition) is 2. The predicted octanol–water partition coefficient (Wildman–Crippen LogP) is 5.58. The van der Waals surface area contributed by atoms with E-state index in [2.05, 4.69) is 31.9 Å². The topological polar surface area (TPSA) is 35.2 Å². The van der Waals surface area contributed by atoms with E-state index < -0.39 is 6.04 Å². The van der Waals surface area contributed by atoms with Gasteiger partial charge in [0.15, 0.2) is 0 Å². The summed E-state index contributed by atoms with van der Waals surface area (Å²) in [4.78, 5) is 0. The van der Waals surface area contributed by atoms with Crippen LogP contribution in [0.2, 0.25) is 10.0 Å². The summed E-state index contributed by atoms with van der Waals surface area (Å²) in [5.41, 5.74) is 7.98. The van der Waals surface area contributed by atoms with Crippen LogP contribution in [-0.4, -0.2) is 7.11 Å².